The second kappa shape index (κ2) is 6.75. The Hall–Kier alpha value is -3.81. The molecular weight excluding hydrogens is 318 g/mol. The van der Waals surface area contributed by atoms with Gasteiger partial charge >= 0.3 is 0 Å². The van der Waals surface area contributed by atoms with Crippen LogP contribution >= 0.6 is 0 Å². The molecule has 0 fully saturated rings. The molecule has 126 valence electrons. The van der Waals surface area contributed by atoms with Gasteiger partial charge in [0.1, 0.15) is 11.6 Å². The maximum atomic E-state index is 12.4. The van der Waals surface area contributed by atoms with Gasteiger partial charge in [-0.25, -0.2) is 0 Å². The monoisotopic (exact) mass is 335 g/mol. The SMILES string of the molecule is Nc1ccc(NC(=O)c2cccc(Nc3cc(N)nc(N)n3)c2)cc1. The van der Waals surface area contributed by atoms with Crippen molar-refractivity contribution in [2.75, 3.05) is 27.8 Å². The van der Waals surface area contributed by atoms with Gasteiger partial charge in [0.2, 0.25) is 5.95 Å². The Kier molecular flexibility index (Phi) is 4.34. The Labute approximate surface area is 144 Å². The van der Waals surface area contributed by atoms with Crippen LogP contribution in [0.15, 0.2) is 54.6 Å². The molecule has 1 amide bonds. The summed E-state index contributed by atoms with van der Waals surface area (Å²) in [6, 6.07) is 15.4. The first kappa shape index (κ1) is 16.1. The summed E-state index contributed by atoms with van der Waals surface area (Å²) in [7, 11) is 0. The van der Waals surface area contributed by atoms with E-state index >= 15 is 0 Å². The van der Waals surface area contributed by atoms with Crippen LogP contribution in [0.2, 0.25) is 0 Å². The summed E-state index contributed by atoms with van der Waals surface area (Å²) in [6.07, 6.45) is 0. The molecule has 0 atom stereocenters. The van der Waals surface area contributed by atoms with E-state index in [4.69, 9.17) is 17.2 Å². The first-order chi connectivity index (χ1) is 12.0. The largest absolute Gasteiger partial charge is 0.399 e. The lowest BCUT2D eigenvalue weighted by atomic mass is 10.1. The van der Waals surface area contributed by atoms with Crippen LogP contribution in [-0.4, -0.2) is 15.9 Å². The zero-order chi connectivity index (χ0) is 17.8. The van der Waals surface area contributed by atoms with Crippen LogP contribution in [0.4, 0.5) is 34.6 Å². The van der Waals surface area contributed by atoms with Crippen LogP contribution in [0.25, 0.3) is 0 Å². The van der Waals surface area contributed by atoms with E-state index in [9.17, 15) is 4.79 Å². The third kappa shape index (κ3) is 4.14. The molecule has 0 saturated heterocycles. The number of amides is 1. The number of benzene rings is 2. The zero-order valence-corrected chi connectivity index (χ0v) is 13.2. The molecule has 0 saturated carbocycles. The fraction of sp³-hybridized carbons (Fsp3) is 0. The number of hydrogen-bond acceptors (Lipinski definition) is 7. The van der Waals surface area contributed by atoms with Crippen molar-refractivity contribution >= 4 is 40.6 Å². The molecule has 3 aromatic rings. The molecular formula is C17H17N7O. The lowest BCUT2D eigenvalue weighted by Gasteiger charge is -2.09. The molecule has 8 nitrogen and oxygen atoms in total. The summed E-state index contributed by atoms with van der Waals surface area (Å²) in [5, 5.41) is 5.85. The zero-order valence-electron chi connectivity index (χ0n) is 13.2. The van der Waals surface area contributed by atoms with Gasteiger partial charge in [-0.05, 0) is 42.5 Å². The number of rotatable bonds is 4. The Bertz CT molecular complexity index is 889. The van der Waals surface area contributed by atoms with Crippen LogP contribution in [-0.2, 0) is 0 Å². The van der Waals surface area contributed by atoms with E-state index in [1.54, 1.807) is 54.6 Å². The van der Waals surface area contributed by atoms with Gasteiger partial charge in [0.25, 0.3) is 5.91 Å². The molecule has 3 rings (SSSR count). The number of nitrogens with zero attached hydrogens (tertiary/aromatic N) is 2. The highest BCUT2D eigenvalue weighted by atomic mass is 16.1. The molecule has 1 aromatic heterocycles. The molecule has 1 heterocycles. The molecule has 0 unspecified atom stereocenters. The van der Waals surface area contributed by atoms with Crippen LogP contribution in [0.3, 0.4) is 0 Å². The normalized spacial score (nSPS) is 10.2. The average molecular weight is 335 g/mol. The first-order valence-corrected chi connectivity index (χ1v) is 7.43. The van der Waals surface area contributed by atoms with E-state index in [0.717, 1.165) is 0 Å². The maximum absolute atomic E-state index is 12.4. The summed E-state index contributed by atoms with van der Waals surface area (Å²) in [6.45, 7) is 0. The molecule has 25 heavy (non-hydrogen) atoms. The maximum Gasteiger partial charge on any atom is 0.255 e. The fourth-order valence-corrected chi connectivity index (χ4v) is 2.21. The summed E-state index contributed by atoms with van der Waals surface area (Å²) in [5.74, 6) is 0.531. The van der Waals surface area contributed by atoms with Gasteiger partial charge < -0.3 is 27.8 Å². The van der Waals surface area contributed by atoms with Crippen LogP contribution in [0.1, 0.15) is 10.4 Å². The van der Waals surface area contributed by atoms with Crippen LogP contribution in [0.5, 0.6) is 0 Å². The number of hydrogen-bond donors (Lipinski definition) is 5. The Balaban J connectivity index is 1.76. The third-order valence-corrected chi connectivity index (χ3v) is 3.33. The van der Waals surface area contributed by atoms with Crippen molar-refractivity contribution in [3.8, 4) is 0 Å². The van der Waals surface area contributed by atoms with Gasteiger partial charge in [-0.15, -0.1) is 0 Å². The fourth-order valence-electron chi connectivity index (χ4n) is 2.21. The molecule has 0 radical (unpaired) electrons. The summed E-state index contributed by atoms with van der Waals surface area (Å²) >= 11 is 0. The number of nitrogens with two attached hydrogens (primary N) is 3. The summed E-state index contributed by atoms with van der Waals surface area (Å²) in [5.41, 5.74) is 19.3. The van der Waals surface area contributed by atoms with Gasteiger partial charge in [-0.1, -0.05) is 6.07 Å². The van der Waals surface area contributed by atoms with Crippen molar-refractivity contribution in [2.24, 2.45) is 0 Å². The van der Waals surface area contributed by atoms with E-state index in [0.29, 0.717) is 28.4 Å². The van der Waals surface area contributed by atoms with Crippen molar-refractivity contribution in [1.29, 1.82) is 0 Å². The van der Waals surface area contributed by atoms with Crippen molar-refractivity contribution in [1.82, 2.24) is 9.97 Å². The van der Waals surface area contributed by atoms with Crippen molar-refractivity contribution < 1.29 is 4.79 Å². The van der Waals surface area contributed by atoms with Crippen molar-refractivity contribution in [2.45, 2.75) is 0 Å². The standard InChI is InChI=1S/C17H17N7O/c18-11-4-6-12(7-5-11)22-16(25)10-2-1-3-13(8-10)21-15-9-14(19)23-17(20)24-15/h1-9H,18H2,(H,22,25)(H5,19,20,21,23,24). The second-order valence-corrected chi connectivity index (χ2v) is 5.32. The minimum absolute atomic E-state index is 0.0692. The third-order valence-electron chi connectivity index (χ3n) is 3.33. The number of carbonyl (C=O) groups is 1. The van der Waals surface area contributed by atoms with Crippen molar-refractivity contribution in [3.05, 3.63) is 60.2 Å². The highest BCUT2D eigenvalue weighted by Crippen LogP contribution is 2.19. The highest BCUT2D eigenvalue weighted by Gasteiger charge is 2.08. The van der Waals surface area contributed by atoms with Gasteiger partial charge in [0, 0.05) is 28.7 Å². The molecule has 8 heteroatoms. The van der Waals surface area contributed by atoms with Gasteiger partial charge in [-0.3, -0.25) is 4.79 Å². The molecule has 0 spiro atoms. The smallest absolute Gasteiger partial charge is 0.255 e. The Morgan fingerprint density at radius 1 is 0.880 bits per heavy atom. The first-order valence-electron chi connectivity index (χ1n) is 7.43. The van der Waals surface area contributed by atoms with E-state index in [1.807, 2.05) is 0 Å². The quantitative estimate of drug-likeness (QED) is 0.459. The van der Waals surface area contributed by atoms with Crippen molar-refractivity contribution in [3.63, 3.8) is 0 Å². The highest BCUT2D eigenvalue weighted by molar-refractivity contribution is 6.04. The van der Waals surface area contributed by atoms with E-state index in [-0.39, 0.29) is 17.7 Å². The van der Waals surface area contributed by atoms with Gasteiger partial charge in [-0.2, -0.15) is 9.97 Å². The molecule has 0 aliphatic carbocycles. The molecule has 2 aromatic carbocycles. The van der Waals surface area contributed by atoms with Crippen LogP contribution < -0.4 is 27.8 Å². The van der Waals surface area contributed by atoms with E-state index in [1.165, 1.54) is 0 Å². The minimum Gasteiger partial charge on any atom is -0.399 e. The second-order valence-electron chi connectivity index (χ2n) is 5.32. The number of nitrogens with one attached hydrogen (secondary N) is 2. The van der Waals surface area contributed by atoms with E-state index < -0.39 is 0 Å². The number of carbonyl (C=O) groups excluding carboxylic acids is 1. The molecule has 0 aliphatic heterocycles. The topological polar surface area (TPSA) is 145 Å². The molecule has 0 aliphatic rings. The van der Waals surface area contributed by atoms with Crippen LogP contribution in [0, 0.1) is 0 Å². The van der Waals surface area contributed by atoms with Gasteiger partial charge in [0.15, 0.2) is 0 Å². The van der Waals surface area contributed by atoms with Gasteiger partial charge in [0.05, 0.1) is 0 Å². The predicted molar refractivity (Wildman–Crippen MR) is 99.4 cm³/mol. The Morgan fingerprint density at radius 2 is 1.64 bits per heavy atom. The lowest BCUT2D eigenvalue weighted by Crippen LogP contribution is -2.12. The molecule has 8 N–H and O–H groups in total. The number of nitrogen functional groups attached to an aromatic ring is 3. The minimum atomic E-state index is -0.241. The summed E-state index contributed by atoms with van der Waals surface area (Å²) in [4.78, 5) is 20.2. The number of aromatic nitrogens is 2. The lowest BCUT2D eigenvalue weighted by molar-refractivity contribution is 0.102. The Morgan fingerprint density at radius 3 is 2.36 bits per heavy atom. The van der Waals surface area contributed by atoms with E-state index in [2.05, 4.69) is 20.6 Å². The predicted octanol–water partition coefficient (Wildman–Crippen LogP) is 2.22. The average Bonchev–Trinajstić information content (AvgIpc) is 2.56. The summed E-state index contributed by atoms with van der Waals surface area (Å²) < 4.78 is 0. The number of anilines is 6. The molecule has 0 bridgehead atoms.